The standard InChI is InChI=1S/C16H19N3O4S/c1-23-15-8-7-14(11-17-15)19-16(20)13-5-3-12(4-6-13)9-10-18-24(2,21)22/h3-8,11,18H,9-10H2,1-2H3,(H,19,20). The van der Waals surface area contributed by atoms with Crippen molar-refractivity contribution in [3.05, 3.63) is 53.7 Å². The fourth-order valence-corrected chi connectivity index (χ4v) is 2.45. The average molecular weight is 349 g/mol. The van der Waals surface area contributed by atoms with Gasteiger partial charge < -0.3 is 10.1 Å². The van der Waals surface area contributed by atoms with Crippen LogP contribution in [0.25, 0.3) is 0 Å². The number of nitrogens with one attached hydrogen (secondary N) is 2. The molecule has 1 aromatic heterocycles. The predicted molar refractivity (Wildman–Crippen MR) is 91.7 cm³/mol. The summed E-state index contributed by atoms with van der Waals surface area (Å²) in [4.78, 5) is 16.2. The van der Waals surface area contributed by atoms with Gasteiger partial charge in [-0.25, -0.2) is 18.1 Å². The van der Waals surface area contributed by atoms with Gasteiger partial charge in [0.2, 0.25) is 15.9 Å². The first-order chi connectivity index (χ1) is 11.4. The van der Waals surface area contributed by atoms with Gasteiger partial charge >= 0.3 is 0 Å². The van der Waals surface area contributed by atoms with Crippen molar-refractivity contribution in [1.82, 2.24) is 9.71 Å². The molecular weight excluding hydrogens is 330 g/mol. The Morgan fingerprint density at radius 2 is 1.88 bits per heavy atom. The Morgan fingerprint density at radius 1 is 1.17 bits per heavy atom. The van der Waals surface area contributed by atoms with Crippen LogP contribution in [0, 0.1) is 0 Å². The van der Waals surface area contributed by atoms with Gasteiger partial charge in [-0.15, -0.1) is 0 Å². The van der Waals surface area contributed by atoms with Crippen LogP contribution in [0.4, 0.5) is 5.69 Å². The van der Waals surface area contributed by atoms with E-state index in [4.69, 9.17) is 4.74 Å². The van der Waals surface area contributed by atoms with Crippen LogP contribution in [-0.4, -0.2) is 39.2 Å². The number of pyridine rings is 1. The third-order valence-electron chi connectivity index (χ3n) is 3.20. The van der Waals surface area contributed by atoms with Crippen molar-refractivity contribution in [1.29, 1.82) is 0 Å². The second kappa shape index (κ2) is 7.89. The van der Waals surface area contributed by atoms with E-state index in [1.807, 2.05) is 0 Å². The highest BCUT2D eigenvalue weighted by molar-refractivity contribution is 7.88. The van der Waals surface area contributed by atoms with E-state index in [1.54, 1.807) is 36.4 Å². The van der Waals surface area contributed by atoms with Crippen LogP contribution in [-0.2, 0) is 16.4 Å². The van der Waals surface area contributed by atoms with Crippen LogP contribution in [0.5, 0.6) is 5.88 Å². The van der Waals surface area contributed by atoms with E-state index in [0.29, 0.717) is 30.1 Å². The lowest BCUT2D eigenvalue weighted by molar-refractivity contribution is 0.102. The van der Waals surface area contributed by atoms with Crippen molar-refractivity contribution in [3.63, 3.8) is 0 Å². The first-order valence-electron chi connectivity index (χ1n) is 7.22. The van der Waals surface area contributed by atoms with Gasteiger partial charge in [0.25, 0.3) is 5.91 Å². The smallest absolute Gasteiger partial charge is 0.255 e. The second-order valence-electron chi connectivity index (χ2n) is 5.16. The Kier molecular flexibility index (Phi) is 5.88. The van der Waals surface area contributed by atoms with E-state index in [-0.39, 0.29) is 5.91 Å². The monoisotopic (exact) mass is 349 g/mol. The lowest BCUT2D eigenvalue weighted by atomic mass is 10.1. The fraction of sp³-hybridized carbons (Fsp3) is 0.250. The van der Waals surface area contributed by atoms with Crippen molar-refractivity contribution >= 4 is 21.6 Å². The molecule has 24 heavy (non-hydrogen) atoms. The van der Waals surface area contributed by atoms with Gasteiger partial charge in [-0.05, 0) is 30.2 Å². The molecule has 0 fully saturated rings. The summed E-state index contributed by atoms with van der Waals surface area (Å²) in [6, 6.07) is 10.4. The Morgan fingerprint density at radius 3 is 2.42 bits per heavy atom. The molecule has 1 aromatic carbocycles. The molecule has 0 saturated carbocycles. The molecule has 2 N–H and O–H groups in total. The molecule has 0 atom stereocenters. The van der Waals surface area contributed by atoms with Crippen molar-refractivity contribution in [2.24, 2.45) is 0 Å². The van der Waals surface area contributed by atoms with Gasteiger partial charge in [0, 0.05) is 18.2 Å². The van der Waals surface area contributed by atoms with Crippen LogP contribution < -0.4 is 14.8 Å². The summed E-state index contributed by atoms with van der Waals surface area (Å²) in [5.74, 6) is 0.225. The zero-order valence-electron chi connectivity index (χ0n) is 13.4. The number of methoxy groups -OCH3 is 1. The van der Waals surface area contributed by atoms with E-state index in [0.717, 1.165) is 11.8 Å². The fourth-order valence-electron chi connectivity index (χ4n) is 1.98. The number of hydrogen-bond acceptors (Lipinski definition) is 5. The summed E-state index contributed by atoms with van der Waals surface area (Å²) in [5, 5.41) is 2.74. The van der Waals surface area contributed by atoms with Crippen LogP contribution in [0.3, 0.4) is 0 Å². The van der Waals surface area contributed by atoms with Crippen LogP contribution >= 0.6 is 0 Å². The minimum absolute atomic E-state index is 0.247. The van der Waals surface area contributed by atoms with Crippen LogP contribution in [0.1, 0.15) is 15.9 Å². The maximum atomic E-state index is 12.2. The quantitative estimate of drug-likeness (QED) is 0.788. The molecule has 7 nitrogen and oxygen atoms in total. The third kappa shape index (κ3) is 5.64. The number of carbonyl (C=O) groups excluding carboxylic acids is 1. The van der Waals surface area contributed by atoms with Gasteiger partial charge in [0.1, 0.15) is 0 Å². The molecule has 2 rings (SSSR count). The van der Waals surface area contributed by atoms with Gasteiger partial charge in [-0.1, -0.05) is 12.1 Å². The minimum Gasteiger partial charge on any atom is -0.481 e. The Balaban J connectivity index is 1.92. The van der Waals surface area contributed by atoms with Gasteiger partial charge in [-0.2, -0.15) is 0 Å². The molecule has 0 spiro atoms. The summed E-state index contributed by atoms with van der Waals surface area (Å²) in [7, 11) is -1.66. The maximum Gasteiger partial charge on any atom is 0.255 e. The largest absolute Gasteiger partial charge is 0.481 e. The summed E-state index contributed by atoms with van der Waals surface area (Å²) < 4.78 is 29.4. The number of hydrogen-bond donors (Lipinski definition) is 2. The molecule has 0 aliphatic rings. The van der Waals surface area contributed by atoms with Gasteiger partial charge in [-0.3, -0.25) is 4.79 Å². The Labute approximate surface area is 141 Å². The topological polar surface area (TPSA) is 97.4 Å². The zero-order valence-corrected chi connectivity index (χ0v) is 14.3. The van der Waals surface area contributed by atoms with Crippen molar-refractivity contribution in [2.75, 3.05) is 25.2 Å². The van der Waals surface area contributed by atoms with Crippen LogP contribution in [0.2, 0.25) is 0 Å². The number of ether oxygens (including phenoxy) is 1. The van der Waals surface area contributed by atoms with Crippen LogP contribution in [0.15, 0.2) is 42.6 Å². The molecule has 0 bridgehead atoms. The predicted octanol–water partition coefficient (Wildman–Crippen LogP) is 1.43. The minimum atomic E-state index is -3.18. The highest BCUT2D eigenvalue weighted by Crippen LogP contribution is 2.13. The van der Waals surface area contributed by atoms with Gasteiger partial charge in [0.05, 0.1) is 25.2 Å². The molecule has 2 aromatic rings. The average Bonchev–Trinajstić information content (AvgIpc) is 2.55. The number of anilines is 1. The molecule has 0 saturated heterocycles. The highest BCUT2D eigenvalue weighted by Gasteiger charge is 2.07. The number of sulfonamides is 1. The van der Waals surface area contributed by atoms with E-state index >= 15 is 0 Å². The Hall–Kier alpha value is -2.45. The van der Waals surface area contributed by atoms with Crippen molar-refractivity contribution in [2.45, 2.75) is 6.42 Å². The van der Waals surface area contributed by atoms with E-state index < -0.39 is 10.0 Å². The number of benzene rings is 1. The first-order valence-corrected chi connectivity index (χ1v) is 9.11. The molecule has 0 aliphatic carbocycles. The highest BCUT2D eigenvalue weighted by atomic mass is 32.2. The number of nitrogens with zero attached hydrogens (tertiary/aromatic N) is 1. The molecule has 0 radical (unpaired) electrons. The maximum absolute atomic E-state index is 12.2. The summed E-state index contributed by atoms with van der Waals surface area (Å²) >= 11 is 0. The number of rotatable bonds is 7. The number of carbonyl (C=O) groups is 1. The lowest BCUT2D eigenvalue weighted by Crippen LogP contribution is -2.24. The molecule has 8 heteroatoms. The SMILES string of the molecule is COc1ccc(NC(=O)c2ccc(CCNS(C)(=O)=O)cc2)cn1. The molecule has 1 amide bonds. The molecular formula is C16H19N3O4S. The Bertz CT molecular complexity index is 787. The zero-order chi connectivity index (χ0) is 17.6. The molecule has 1 heterocycles. The van der Waals surface area contributed by atoms with Gasteiger partial charge in [0.15, 0.2) is 0 Å². The molecule has 0 aliphatic heterocycles. The molecule has 0 unspecified atom stereocenters. The third-order valence-corrected chi connectivity index (χ3v) is 3.93. The van der Waals surface area contributed by atoms with Crippen molar-refractivity contribution < 1.29 is 17.9 Å². The van der Waals surface area contributed by atoms with Crippen molar-refractivity contribution in [3.8, 4) is 5.88 Å². The summed E-state index contributed by atoms with van der Waals surface area (Å²) in [5.41, 5.74) is 2.02. The number of aromatic nitrogens is 1. The number of amides is 1. The van der Waals surface area contributed by atoms with E-state index in [1.165, 1.54) is 13.3 Å². The summed E-state index contributed by atoms with van der Waals surface area (Å²) in [6.07, 6.45) is 3.19. The molecule has 128 valence electrons. The van der Waals surface area contributed by atoms with E-state index in [9.17, 15) is 13.2 Å². The van der Waals surface area contributed by atoms with E-state index in [2.05, 4.69) is 15.0 Å². The normalized spacial score (nSPS) is 11.1. The lowest BCUT2D eigenvalue weighted by Gasteiger charge is -2.07. The first kappa shape index (κ1) is 17.9. The second-order valence-corrected chi connectivity index (χ2v) is 6.99. The summed E-state index contributed by atoms with van der Waals surface area (Å²) in [6.45, 7) is 0.321.